The van der Waals surface area contributed by atoms with Crippen LogP contribution < -0.4 is 4.74 Å². The monoisotopic (exact) mass is 340 g/mol. The molecule has 0 aliphatic carbocycles. The van der Waals surface area contributed by atoms with Crippen molar-refractivity contribution >= 4 is 5.91 Å². The molecule has 2 heterocycles. The lowest BCUT2D eigenvalue weighted by Crippen LogP contribution is -2.49. The van der Waals surface area contributed by atoms with Gasteiger partial charge in [0.15, 0.2) is 5.69 Å². The van der Waals surface area contributed by atoms with E-state index in [0.717, 1.165) is 39.1 Å². The molecule has 0 N–H and O–H groups in total. The standard InChI is InChI=1S/C19H24N4O2/c1-2-25-18-9-8-17(20-21-18)19(24)23-14-12-22(13-15-23)11-10-16-6-4-3-5-7-16/h3-9H,2,10-15H2,1H3. The number of nitrogens with zero attached hydrogens (tertiary/aromatic N) is 4. The van der Waals surface area contributed by atoms with Crippen molar-refractivity contribution in [1.82, 2.24) is 20.0 Å². The van der Waals surface area contributed by atoms with E-state index in [1.807, 2.05) is 17.9 Å². The molecule has 1 saturated heterocycles. The largest absolute Gasteiger partial charge is 0.477 e. The van der Waals surface area contributed by atoms with Gasteiger partial charge in [0.05, 0.1) is 6.61 Å². The molecule has 1 aliphatic heterocycles. The second kappa shape index (κ2) is 8.58. The summed E-state index contributed by atoms with van der Waals surface area (Å²) in [7, 11) is 0. The summed E-state index contributed by atoms with van der Waals surface area (Å²) in [6.07, 6.45) is 1.04. The molecule has 1 aromatic carbocycles. The molecule has 0 unspecified atom stereocenters. The number of carbonyl (C=O) groups is 1. The van der Waals surface area contributed by atoms with Gasteiger partial charge in [-0.1, -0.05) is 30.3 Å². The maximum Gasteiger partial charge on any atom is 0.274 e. The van der Waals surface area contributed by atoms with Crippen LogP contribution in [-0.2, 0) is 6.42 Å². The van der Waals surface area contributed by atoms with Crippen molar-refractivity contribution < 1.29 is 9.53 Å². The lowest BCUT2D eigenvalue weighted by atomic mass is 10.1. The fraction of sp³-hybridized carbons (Fsp3) is 0.421. The maximum absolute atomic E-state index is 12.5. The molecule has 1 aliphatic rings. The van der Waals surface area contributed by atoms with Crippen LogP contribution in [0.25, 0.3) is 0 Å². The molecule has 132 valence electrons. The second-order valence-corrected chi connectivity index (χ2v) is 6.06. The predicted octanol–water partition coefficient (Wildman–Crippen LogP) is 1.88. The highest BCUT2D eigenvalue weighted by atomic mass is 16.5. The van der Waals surface area contributed by atoms with Gasteiger partial charge >= 0.3 is 0 Å². The van der Waals surface area contributed by atoms with E-state index in [-0.39, 0.29) is 5.91 Å². The SMILES string of the molecule is CCOc1ccc(C(=O)N2CCN(CCc3ccccc3)CC2)nn1. The van der Waals surface area contributed by atoms with Crippen LogP contribution in [0.1, 0.15) is 23.0 Å². The van der Waals surface area contributed by atoms with Gasteiger partial charge in [0, 0.05) is 38.8 Å². The molecule has 0 saturated carbocycles. The summed E-state index contributed by atoms with van der Waals surface area (Å²) in [5.74, 6) is 0.392. The van der Waals surface area contributed by atoms with Gasteiger partial charge < -0.3 is 9.64 Å². The van der Waals surface area contributed by atoms with Gasteiger partial charge in [0.25, 0.3) is 5.91 Å². The summed E-state index contributed by atoms with van der Waals surface area (Å²) in [4.78, 5) is 16.8. The molecular weight excluding hydrogens is 316 g/mol. The quantitative estimate of drug-likeness (QED) is 0.803. The zero-order valence-electron chi connectivity index (χ0n) is 14.6. The number of benzene rings is 1. The molecule has 1 fully saturated rings. The van der Waals surface area contributed by atoms with Crippen molar-refractivity contribution in [3.8, 4) is 5.88 Å². The molecule has 0 spiro atoms. The lowest BCUT2D eigenvalue weighted by Gasteiger charge is -2.34. The van der Waals surface area contributed by atoms with E-state index >= 15 is 0 Å². The first kappa shape index (κ1) is 17.4. The van der Waals surface area contributed by atoms with Crippen LogP contribution in [0.15, 0.2) is 42.5 Å². The third kappa shape index (κ3) is 4.76. The number of amides is 1. The van der Waals surface area contributed by atoms with Gasteiger partial charge in [-0.05, 0) is 25.0 Å². The Balaban J connectivity index is 1.47. The lowest BCUT2D eigenvalue weighted by molar-refractivity contribution is 0.0631. The van der Waals surface area contributed by atoms with Gasteiger partial charge in [-0.3, -0.25) is 9.69 Å². The Morgan fingerprint density at radius 3 is 2.44 bits per heavy atom. The third-order valence-corrected chi connectivity index (χ3v) is 4.37. The van der Waals surface area contributed by atoms with Crippen LogP contribution in [0, 0.1) is 0 Å². The van der Waals surface area contributed by atoms with E-state index in [1.165, 1.54) is 5.56 Å². The highest BCUT2D eigenvalue weighted by molar-refractivity contribution is 5.92. The Kier molecular flexibility index (Phi) is 5.95. The van der Waals surface area contributed by atoms with E-state index < -0.39 is 0 Å². The highest BCUT2D eigenvalue weighted by Crippen LogP contribution is 2.10. The van der Waals surface area contributed by atoms with Crippen molar-refractivity contribution in [2.24, 2.45) is 0 Å². The van der Waals surface area contributed by atoms with Crippen molar-refractivity contribution in [3.63, 3.8) is 0 Å². The van der Waals surface area contributed by atoms with E-state index in [9.17, 15) is 4.79 Å². The fourth-order valence-electron chi connectivity index (χ4n) is 2.93. The van der Waals surface area contributed by atoms with Crippen LogP contribution in [0.5, 0.6) is 5.88 Å². The van der Waals surface area contributed by atoms with E-state index in [4.69, 9.17) is 4.74 Å². The Bertz CT molecular complexity index is 668. The predicted molar refractivity (Wildman–Crippen MR) is 95.7 cm³/mol. The van der Waals surface area contributed by atoms with E-state index in [2.05, 4.69) is 39.4 Å². The number of piperazine rings is 1. The van der Waals surface area contributed by atoms with Gasteiger partial charge in [-0.25, -0.2) is 0 Å². The fourth-order valence-corrected chi connectivity index (χ4v) is 2.93. The molecule has 1 amide bonds. The number of hydrogen-bond acceptors (Lipinski definition) is 5. The minimum absolute atomic E-state index is 0.0572. The van der Waals surface area contributed by atoms with E-state index in [0.29, 0.717) is 18.2 Å². The first-order valence-corrected chi connectivity index (χ1v) is 8.78. The van der Waals surface area contributed by atoms with Crippen LogP contribution in [0.2, 0.25) is 0 Å². The zero-order valence-corrected chi connectivity index (χ0v) is 14.6. The van der Waals surface area contributed by atoms with Gasteiger partial charge in [0.2, 0.25) is 5.88 Å². The average molecular weight is 340 g/mol. The molecule has 6 nitrogen and oxygen atoms in total. The number of carbonyl (C=O) groups excluding carboxylic acids is 1. The molecule has 0 radical (unpaired) electrons. The molecule has 3 rings (SSSR count). The smallest absolute Gasteiger partial charge is 0.274 e. The zero-order chi connectivity index (χ0) is 17.5. The minimum atomic E-state index is -0.0572. The average Bonchev–Trinajstić information content (AvgIpc) is 2.68. The number of rotatable bonds is 6. The van der Waals surface area contributed by atoms with Crippen LogP contribution in [0.4, 0.5) is 0 Å². The number of ether oxygens (including phenoxy) is 1. The Morgan fingerprint density at radius 1 is 1.04 bits per heavy atom. The first-order chi connectivity index (χ1) is 12.3. The first-order valence-electron chi connectivity index (χ1n) is 8.78. The normalized spacial score (nSPS) is 15.2. The number of aromatic nitrogens is 2. The minimum Gasteiger partial charge on any atom is -0.477 e. The van der Waals surface area contributed by atoms with Gasteiger partial charge in [-0.15, -0.1) is 10.2 Å². The van der Waals surface area contributed by atoms with Crippen molar-refractivity contribution in [2.45, 2.75) is 13.3 Å². The summed E-state index contributed by atoms with van der Waals surface area (Å²) >= 11 is 0. The van der Waals surface area contributed by atoms with Crippen LogP contribution in [-0.4, -0.2) is 65.2 Å². The van der Waals surface area contributed by atoms with Gasteiger partial charge in [-0.2, -0.15) is 0 Å². The topological polar surface area (TPSA) is 58.6 Å². The molecular formula is C19H24N4O2. The Labute approximate surface area is 148 Å². The molecule has 0 atom stereocenters. The van der Waals surface area contributed by atoms with Crippen LogP contribution in [0.3, 0.4) is 0 Å². The molecule has 2 aromatic rings. The maximum atomic E-state index is 12.5. The highest BCUT2D eigenvalue weighted by Gasteiger charge is 2.23. The Hall–Kier alpha value is -2.47. The van der Waals surface area contributed by atoms with Crippen molar-refractivity contribution in [3.05, 3.63) is 53.7 Å². The molecule has 6 heteroatoms. The summed E-state index contributed by atoms with van der Waals surface area (Å²) < 4.78 is 5.26. The second-order valence-electron chi connectivity index (χ2n) is 6.06. The van der Waals surface area contributed by atoms with Crippen molar-refractivity contribution in [2.75, 3.05) is 39.3 Å². The summed E-state index contributed by atoms with van der Waals surface area (Å²) in [6, 6.07) is 13.9. The molecule has 1 aromatic heterocycles. The van der Waals surface area contributed by atoms with Crippen molar-refractivity contribution in [1.29, 1.82) is 0 Å². The molecule has 25 heavy (non-hydrogen) atoms. The molecule has 0 bridgehead atoms. The summed E-state index contributed by atoms with van der Waals surface area (Å²) in [5.41, 5.74) is 1.73. The third-order valence-electron chi connectivity index (χ3n) is 4.37. The van der Waals surface area contributed by atoms with E-state index in [1.54, 1.807) is 12.1 Å². The van der Waals surface area contributed by atoms with Crippen LogP contribution >= 0.6 is 0 Å². The summed E-state index contributed by atoms with van der Waals surface area (Å²) in [5, 5.41) is 7.92. The van der Waals surface area contributed by atoms with Gasteiger partial charge in [0.1, 0.15) is 0 Å². The number of hydrogen-bond donors (Lipinski definition) is 0. The Morgan fingerprint density at radius 2 is 1.80 bits per heavy atom. The summed E-state index contributed by atoms with van der Waals surface area (Å²) in [6.45, 7) is 6.68.